The van der Waals surface area contributed by atoms with Gasteiger partial charge >= 0.3 is 0 Å². The highest BCUT2D eigenvalue weighted by Crippen LogP contribution is 2.20. The molecule has 1 unspecified atom stereocenters. The Morgan fingerprint density at radius 3 is 3.00 bits per heavy atom. The summed E-state index contributed by atoms with van der Waals surface area (Å²) in [5, 5.41) is 20.1. The van der Waals surface area contributed by atoms with Gasteiger partial charge in [0.2, 0.25) is 0 Å². The summed E-state index contributed by atoms with van der Waals surface area (Å²) in [7, 11) is 0. The second kappa shape index (κ2) is 4.81. The Morgan fingerprint density at radius 1 is 1.37 bits per heavy atom. The Bertz CT molecular complexity index is 701. The van der Waals surface area contributed by atoms with Crippen LogP contribution in [0.5, 0.6) is 0 Å². The molecule has 19 heavy (non-hydrogen) atoms. The standard InChI is InChI=1S/C13H13N5S/c1-3-9(2)14-11-4-5-12-15-16-13(18(12)17-11)10-6-7-19-8-10/h3-9H,1H2,2H3,(H,14,17). The molecule has 3 heterocycles. The molecule has 0 aliphatic rings. The van der Waals surface area contributed by atoms with Crippen molar-refractivity contribution in [2.24, 2.45) is 0 Å². The predicted molar refractivity (Wildman–Crippen MR) is 77.4 cm³/mol. The molecule has 6 heteroatoms. The van der Waals surface area contributed by atoms with Gasteiger partial charge in [0, 0.05) is 17.0 Å². The number of hydrogen-bond donors (Lipinski definition) is 1. The van der Waals surface area contributed by atoms with Gasteiger partial charge in [-0.1, -0.05) is 6.08 Å². The van der Waals surface area contributed by atoms with Crippen molar-refractivity contribution in [3.63, 3.8) is 0 Å². The second-order valence-electron chi connectivity index (χ2n) is 4.19. The molecule has 0 spiro atoms. The number of nitrogens with zero attached hydrogens (tertiary/aromatic N) is 4. The number of rotatable bonds is 4. The second-order valence-corrected chi connectivity index (χ2v) is 4.97. The summed E-state index contributed by atoms with van der Waals surface area (Å²) < 4.78 is 1.75. The molecule has 0 bridgehead atoms. The molecule has 3 aromatic heterocycles. The van der Waals surface area contributed by atoms with Crippen molar-refractivity contribution in [3.05, 3.63) is 41.6 Å². The minimum atomic E-state index is 0.158. The van der Waals surface area contributed by atoms with Gasteiger partial charge < -0.3 is 5.32 Å². The van der Waals surface area contributed by atoms with Gasteiger partial charge in [0.15, 0.2) is 11.5 Å². The van der Waals surface area contributed by atoms with Gasteiger partial charge in [0.25, 0.3) is 0 Å². The fourth-order valence-electron chi connectivity index (χ4n) is 1.73. The molecule has 0 radical (unpaired) electrons. The average Bonchev–Trinajstić information content (AvgIpc) is 3.06. The van der Waals surface area contributed by atoms with Crippen LogP contribution in [0.3, 0.4) is 0 Å². The Labute approximate surface area is 114 Å². The summed E-state index contributed by atoms with van der Waals surface area (Å²) in [6.07, 6.45) is 1.83. The third kappa shape index (κ3) is 2.22. The zero-order valence-electron chi connectivity index (χ0n) is 10.4. The van der Waals surface area contributed by atoms with Crippen molar-refractivity contribution in [1.82, 2.24) is 19.8 Å². The van der Waals surface area contributed by atoms with Crippen molar-refractivity contribution in [2.45, 2.75) is 13.0 Å². The minimum Gasteiger partial charge on any atom is -0.363 e. The van der Waals surface area contributed by atoms with E-state index in [4.69, 9.17) is 0 Å². The lowest BCUT2D eigenvalue weighted by Gasteiger charge is -2.09. The SMILES string of the molecule is C=CC(C)Nc1ccc2nnc(-c3ccsc3)n2n1. The van der Waals surface area contributed by atoms with Crippen molar-refractivity contribution < 1.29 is 0 Å². The molecule has 0 aliphatic heterocycles. The van der Waals surface area contributed by atoms with Gasteiger partial charge in [-0.15, -0.1) is 21.9 Å². The monoisotopic (exact) mass is 271 g/mol. The number of thiophene rings is 1. The van der Waals surface area contributed by atoms with Crippen molar-refractivity contribution in [3.8, 4) is 11.4 Å². The minimum absolute atomic E-state index is 0.158. The van der Waals surface area contributed by atoms with Crippen molar-refractivity contribution in [1.29, 1.82) is 0 Å². The van der Waals surface area contributed by atoms with Crippen LogP contribution in [0.2, 0.25) is 0 Å². The van der Waals surface area contributed by atoms with E-state index in [9.17, 15) is 0 Å². The molecule has 3 aromatic rings. The maximum atomic E-state index is 4.52. The van der Waals surface area contributed by atoms with Gasteiger partial charge in [-0.2, -0.15) is 15.9 Å². The largest absolute Gasteiger partial charge is 0.363 e. The first-order chi connectivity index (χ1) is 9.28. The molecule has 0 saturated carbocycles. The highest BCUT2D eigenvalue weighted by atomic mass is 32.1. The van der Waals surface area contributed by atoms with Crippen LogP contribution >= 0.6 is 11.3 Å². The van der Waals surface area contributed by atoms with E-state index in [0.29, 0.717) is 0 Å². The van der Waals surface area contributed by atoms with E-state index in [-0.39, 0.29) is 6.04 Å². The molecule has 1 N–H and O–H groups in total. The number of nitrogens with one attached hydrogen (secondary N) is 1. The Morgan fingerprint density at radius 2 is 2.26 bits per heavy atom. The van der Waals surface area contributed by atoms with E-state index in [0.717, 1.165) is 22.9 Å². The number of fused-ring (bicyclic) bond motifs is 1. The van der Waals surface area contributed by atoms with Gasteiger partial charge in [0.1, 0.15) is 5.82 Å². The van der Waals surface area contributed by atoms with E-state index in [1.54, 1.807) is 15.9 Å². The number of aromatic nitrogens is 4. The van der Waals surface area contributed by atoms with Crippen molar-refractivity contribution in [2.75, 3.05) is 5.32 Å². The summed E-state index contributed by atoms with van der Waals surface area (Å²) in [5.74, 6) is 1.53. The Kier molecular flexibility index (Phi) is 3.00. The van der Waals surface area contributed by atoms with Crippen molar-refractivity contribution >= 4 is 22.8 Å². The van der Waals surface area contributed by atoms with Gasteiger partial charge in [0.05, 0.1) is 0 Å². The normalized spacial score (nSPS) is 12.5. The van der Waals surface area contributed by atoms with E-state index in [2.05, 4.69) is 27.2 Å². The molecule has 0 fully saturated rings. The summed E-state index contributed by atoms with van der Waals surface area (Å²) in [5.41, 5.74) is 1.76. The molecule has 1 atom stereocenters. The maximum Gasteiger partial charge on any atom is 0.186 e. The molecular weight excluding hydrogens is 258 g/mol. The first-order valence-electron chi connectivity index (χ1n) is 5.92. The summed E-state index contributed by atoms with van der Waals surface area (Å²) in [6.45, 7) is 5.77. The molecule has 3 rings (SSSR count). The molecule has 0 amide bonds. The molecule has 0 aromatic carbocycles. The number of hydrogen-bond acceptors (Lipinski definition) is 5. The zero-order valence-corrected chi connectivity index (χ0v) is 11.3. The van der Waals surface area contributed by atoms with Crippen LogP contribution in [0.1, 0.15) is 6.92 Å². The van der Waals surface area contributed by atoms with Crippen LogP contribution in [-0.2, 0) is 0 Å². The highest BCUT2D eigenvalue weighted by Gasteiger charge is 2.10. The summed E-state index contributed by atoms with van der Waals surface area (Å²) >= 11 is 1.63. The van der Waals surface area contributed by atoms with Crippen LogP contribution in [0.15, 0.2) is 41.6 Å². The quantitative estimate of drug-likeness (QED) is 0.741. The molecule has 0 aliphatic carbocycles. The van der Waals surface area contributed by atoms with E-state index < -0.39 is 0 Å². The first-order valence-corrected chi connectivity index (χ1v) is 6.86. The van der Waals surface area contributed by atoms with E-state index in [1.807, 2.05) is 42.0 Å². The molecular formula is C13H13N5S. The third-order valence-electron chi connectivity index (χ3n) is 2.77. The topological polar surface area (TPSA) is 55.1 Å². The molecule has 5 nitrogen and oxygen atoms in total. The molecule has 96 valence electrons. The van der Waals surface area contributed by atoms with Gasteiger partial charge in [-0.3, -0.25) is 0 Å². The van der Waals surface area contributed by atoms with E-state index in [1.165, 1.54) is 0 Å². The smallest absolute Gasteiger partial charge is 0.186 e. The maximum absolute atomic E-state index is 4.52. The Balaban J connectivity index is 2.06. The molecule has 0 saturated heterocycles. The van der Waals surface area contributed by atoms with Crippen LogP contribution in [0.25, 0.3) is 17.0 Å². The average molecular weight is 271 g/mol. The fraction of sp³-hybridized carbons (Fsp3) is 0.154. The number of anilines is 1. The van der Waals surface area contributed by atoms with Crippen LogP contribution in [0.4, 0.5) is 5.82 Å². The zero-order chi connectivity index (χ0) is 13.2. The lowest BCUT2D eigenvalue weighted by molar-refractivity contribution is 0.902. The lowest BCUT2D eigenvalue weighted by atomic mass is 10.3. The van der Waals surface area contributed by atoms with E-state index >= 15 is 0 Å². The van der Waals surface area contributed by atoms with Gasteiger partial charge in [-0.25, -0.2) is 0 Å². The lowest BCUT2D eigenvalue weighted by Crippen LogP contribution is -2.13. The van der Waals surface area contributed by atoms with Gasteiger partial charge in [-0.05, 0) is 30.5 Å². The predicted octanol–water partition coefficient (Wildman–Crippen LogP) is 2.84. The summed E-state index contributed by atoms with van der Waals surface area (Å²) in [4.78, 5) is 0. The third-order valence-corrected chi connectivity index (χ3v) is 3.45. The van der Waals surface area contributed by atoms with Crippen LogP contribution in [0, 0.1) is 0 Å². The van der Waals surface area contributed by atoms with Crippen LogP contribution in [-0.4, -0.2) is 25.9 Å². The van der Waals surface area contributed by atoms with Crippen LogP contribution < -0.4 is 5.32 Å². The summed E-state index contributed by atoms with van der Waals surface area (Å²) in [6, 6.07) is 5.95. The highest BCUT2D eigenvalue weighted by molar-refractivity contribution is 7.08. The fourth-order valence-corrected chi connectivity index (χ4v) is 2.36. The first kappa shape index (κ1) is 11.9. The Hall–Kier alpha value is -2.21.